The summed E-state index contributed by atoms with van der Waals surface area (Å²) in [7, 11) is 0. The van der Waals surface area contributed by atoms with E-state index in [-0.39, 0.29) is 25.4 Å². The maximum absolute atomic E-state index is 12.0. The molecule has 0 fully saturated rings. The van der Waals surface area contributed by atoms with E-state index in [9.17, 15) is 9.59 Å². The Kier molecular flexibility index (Phi) is 16.1. The van der Waals surface area contributed by atoms with Crippen molar-refractivity contribution in [1.29, 1.82) is 0 Å². The fraction of sp³-hybridized carbons (Fsp3) is 0.190. The Labute approximate surface area is 419 Å². The number of allylic oxidation sites excluding steroid dienone is 2. The van der Waals surface area contributed by atoms with Gasteiger partial charge >= 0.3 is 207 Å². The summed E-state index contributed by atoms with van der Waals surface area (Å²) >= 11 is -2.07. The molecule has 0 aliphatic carbocycles. The third-order valence-corrected chi connectivity index (χ3v) is 20.9. The Bertz CT molecular complexity index is 3190. The molecule has 0 N–H and O–H groups in total. The first-order valence-electron chi connectivity index (χ1n) is 23.3. The summed E-state index contributed by atoms with van der Waals surface area (Å²) in [5, 5.41) is 0. The first-order valence-corrected chi connectivity index (χ1v) is 28.7. The second kappa shape index (κ2) is 22.7. The number of aryl methyl sites for hydroxylation is 1. The van der Waals surface area contributed by atoms with E-state index in [0.29, 0.717) is 12.1 Å². The quantitative estimate of drug-likeness (QED) is 0.0793. The standard InChI is InChI=1S/C33H22N4.C17H14N2O2.2C4H9.Sn.Zn/c1-21-7-9-23(10-8-21)33-30-17-13-26(36-30)19-24-11-15-28(34-24)32(22-5-3-2-4-6-22)29-16-12-25(35-29)20-27-14-18-31(33)37-27;20-10-13-6-8-15(18-13)17(12-4-2-1-3-5-12)16-9-7-14(11-21)19-16;2*1-3-4-2;;/h2-20H,1H3;1-6,8-11,17H,7H2,(H,18,20);2*1,3-4H2,2H3;;/q-2;;;;+1;+2/p-1. The van der Waals surface area contributed by atoms with Crippen molar-refractivity contribution in [3.8, 4) is 22.3 Å². The molecular formula is C58H53N6O2SnZn. The summed E-state index contributed by atoms with van der Waals surface area (Å²) in [6, 6.07) is 45.5. The van der Waals surface area contributed by atoms with Crippen LogP contribution in [0.3, 0.4) is 0 Å². The van der Waals surface area contributed by atoms with E-state index in [1.54, 1.807) is 0 Å². The molecule has 0 saturated heterocycles. The molecule has 7 heterocycles. The molecule has 10 heteroatoms. The van der Waals surface area contributed by atoms with Crippen LogP contribution >= 0.6 is 0 Å². The van der Waals surface area contributed by atoms with Crippen LogP contribution in [0.25, 0.3) is 68.6 Å². The fourth-order valence-electron chi connectivity index (χ4n) is 9.00. The molecular weight excluding hydrogens is 997 g/mol. The van der Waals surface area contributed by atoms with Crippen molar-refractivity contribution in [2.75, 3.05) is 0 Å². The molecule has 0 spiro atoms. The second-order valence-electron chi connectivity index (χ2n) is 17.1. The summed E-state index contributed by atoms with van der Waals surface area (Å²) in [5.41, 5.74) is 17.1. The van der Waals surface area contributed by atoms with Crippen molar-refractivity contribution in [2.24, 2.45) is 4.99 Å². The molecule has 3 aliphatic rings. The SMILES string of the molecule is CCC[CH2][Sn]([CH2]CCC)[n]1c(C=O)ccc1C(C1=CCC(C=O)=N1)c1ccccc1.Cc1ccc(-c2c3nc(cc4ccc([n-]4)c(-c4ccccc4)c4nc(cc5ccc2[n-]5)C=C4)C=C3)cc1.[Zn+2]. The van der Waals surface area contributed by atoms with Gasteiger partial charge in [0.25, 0.3) is 0 Å². The Hall–Kier alpha value is -6.29. The molecule has 3 aliphatic heterocycles. The molecule has 1 radical (unpaired) electrons. The van der Waals surface area contributed by atoms with E-state index in [1.807, 2.05) is 78.9 Å². The van der Waals surface area contributed by atoms with Crippen LogP contribution in [0.1, 0.15) is 102 Å². The summed E-state index contributed by atoms with van der Waals surface area (Å²) < 4.78 is 4.96. The number of nitrogens with zero attached hydrogens (tertiary/aromatic N) is 6. The Balaban J connectivity index is 0.000000186. The van der Waals surface area contributed by atoms with Crippen molar-refractivity contribution in [1.82, 2.24) is 22.7 Å². The van der Waals surface area contributed by atoms with Gasteiger partial charge in [-0.3, -0.25) is 0 Å². The predicted molar refractivity (Wildman–Crippen MR) is 277 cm³/mol. The molecule has 10 rings (SSSR count). The van der Waals surface area contributed by atoms with Crippen molar-refractivity contribution in [2.45, 2.75) is 67.7 Å². The van der Waals surface area contributed by atoms with Gasteiger partial charge in [-0.15, -0.1) is 22.1 Å². The Morgan fingerprint density at radius 3 is 1.74 bits per heavy atom. The number of hydrogen-bond donors (Lipinski definition) is 0. The van der Waals surface area contributed by atoms with Crippen molar-refractivity contribution >= 4 is 84.7 Å². The van der Waals surface area contributed by atoms with E-state index in [4.69, 9.17) is 19.9 Å². The number of carbonyl (C=O) groups is 2. The van der Waals surface area contributed by atoms with Gasteiger partial charge in [0, 0.05) is 0 Å². The van der Waals surface area contributed by atoms with E-state index >= 15 is 0 Å². The summed E-state index contributed by atoms with van der Waals surface area (Å²) in [6.07, 6.45) is 17.5. The maximum atomic E-state index is 12.0. The number of rotatable bonds is 14. The zero-order valence-electron chi connectivity index (χ0n) is 39.0. The zero-order chi connectivity index (χ0) is 46.1. The normalized spacial score (nSPS) is 13.1. The van der Waals surface area contributed by atoms with Crippen molar-refractivity contribution < 1.29 is 29.1 Å². The second-order valence-corrected chi connectivity index (χ2v) is 24.5. The van der Waals surface area contributed by atoms with Gasteiger partial charge in [-0.05, 0) is 53.5 Å². The average molecular weight is 1050 g/mol. The van der Waals surface area contributed by atoms with Crippen LogP contribution in [0.2, 0.25) is 8.87 Å². The van der Waals surface area contributed by atoms with E-state index < -0.39 is 20.0 Å². The van der Waals surface area contributed by atoms with Crippen molar-refractivity contribution in [3.05, 3.63) is 191 Å². The molecule has 3 aromatic carbocycles. The van der Waals surface area contributed by atoms with Crippen LogP contribution in [0.5, 0.6) is 0 Å². The van der Waals surface area contributed by atoms with E-state index in [2.05, 4.69) is 114 Å². The van der Waals surface area contributed by atoms with Gasteiger partial charge in [-0.2, -0.15) is 0 Å². The van der Waals surface area contributed by atoms with Gasteiger partial charge in [0.05, 0.1) is 22.8 Å². The number of aromatic nitrogens is 5. The van der Waals surface area contributed by atoms with Crippen LogP contribution < -0.4 is 9.97 Å². The molecule has 0 saturated carbocycles. The number of carbonyl (C=O) groups excluding carboxylic acids is 2. The fourth-order valence-corrected chi connectivity index (χ4v) is 18.4. The van der Waals surface area contributed by atoms with Crippen LogP contribution in [-0.2, 0) is 24.3 Å². The largest absolute Gasteiger partial charge is 2.00 e. The molecule has 333 valence electrons. The summed E-state index contributed by atoms with van der Waals surface area (Å²) in [4.78, 5) is 47.8. The first kappa shape index (κ1) is 48.2. The Morgan fingerprint density at radius 1 is 0.647 bits per heavy atom. The monoisotopic (exact) mass is 1050 g/mol. The van der Waals surface area contributed by atoms with Crippen LogP contribution in [0.15, 0.2) is 150 Å². The molecule has 68 heavy (non-hydrogen) atoms. The molecule has 1 unspecified atom stereocenters. The molecule has 0 amide bonds. The summed E-state index contributed by atoms with van der Waals surface area (Å²) in [5.74, 6) is -0.0452. The van der Waals surface area contributed by atoms with Gasteiger partial charge in [-0.25, -0.2) is 9.97 Å². The van der Waals surface area contributed by atoms with Gasteiger partial charge < -0.3 is 9.97 Å². The van der Waals surface area contributed by atoms with Gasteiger partial charge in [0.1, 0.15) is 0 Å². The average Bonchev–Trinajstić information content (AvgIpc) is 4.24. The van der Waals surface area contributed by atoms with Gasteiger partial charge in [0.2, 0.25) is 0 Å². The van der Waals surface area contributed by atoms with E-state index in [0.717, 1.165) is 96.6 Å². The third kappa shape index (κ3) is 10.9. The minimum Gasteiger partial charge on any atom is -0.657 e. The van der Waals surface area contributed by atoms with Crippen LogP contribution in [0.4, 0.5) is 0 Å². The minimum atomic E-state index is -2.07. The molecule has 4 aromatic heterocycles. The number of aldehydes is 2. The zero-order valence-corrected chi connectivity index (χ0v) is 44.8. The van der Waals surface area contributed by atoms with Gasteiger partial charge in [0.15, 0.2) is 0 Å². The number of hydrogen-bond acceptors (Lipinski definition) is 5. The topological polar surface area (TPSA) is 105 Å². The summed E-state index contributed by atoms with van der Waals surface area (Å²) in [6.45, 7) is 6.57. The number of fused-ring (bicyclic) bond motifs is 8. The third-order valence-electron chi connectivity index (χ3n) is 12.3. The maximum Gasteiger partial charge on any atom is 2.00 e. The molecule has 8 bridgehead atoms. The number of unbranched alkanes of at least 4 members (excludes halogenated alkanes) is 2. The Morgan fingerprint density at radius 2 is 1.21 bits per heavy atom. The van der Waals surface area contributed by atoms with E-state index in [1.165, 1.54) is 45.8 Å². The van der Waals surface area contributed by atoms with Crippen LogP contribution in [-0.4, -0.2) is 51.1 Å². The first-order chi connectivity index (χ1) is 32.9. The number of benzene rings is 3. The smallest absolute Gasteiger partial charge is 0.657 e. The van der Waals surface area contributed by atoms with Crippen molar-refractivity contribution in [3.63, 3.8) is 0 Å². The molecule has 1 atom stereocenters. The van der Waals surface area contributed by atoms with Gasteiger partial charge in [-0.1, -0.05) is 96.6 Å². The van der Waals surface area contributed by atoms with Crippen LogP contribution in [0, 0.1) is 6.92 Å². The number of aliphatic imine (C=N–C) groups is 1. The minimum absolute atomic E-state index is 0. The molecule has 8 nitrogen and oxygen atoms in total. The molecule has 7 aromatic rings. The predicted octanol–water partition coefficient (Wildman–Crippen LogP) is 13.4.